The molecule has 1 N–H and O–H groups in total. The van der Waals surface area contributed by atoms with Crippen molar-refractivity contribution in [2.75, 3.05) is 26.3 Å². The topological polar surface area (TPSA) is 97.8 Å². The van der Waals surface area contributed by atoms with Crippen molar-refractivity contribution in [2.24, 2.45) is 0 Å². The number of esters is 1. The summed E-state index contributed by atoms with van der Waals surface area (Å²) in [6.45, 7) is 4.74. The molecule has 2 amide bonds. The fraction of sp³-hybridized carbons (Fsp3) is 0.333. The Hall–Kier alpha value is -4.19. The molecule has 4 rings (SSSR count). The lowest BCUT2D eigenvalue weighted by Gasteiger charge is -2.31. The van der Waals surface area contributed by atoms with Gasteiger partial charge < -0.3 is 14.4 Å². The van der Waals surface area contributed by atoms with Crippen LogP contribution in [-0.4, -0.2) is 54.0 Å². The van der Waals surface area contributed by atoms with Gasteiger partial charge in [0.2, 0.25) is 5.88 Å². The fourth-order valence-electron chi connectivity index (χ4n) is 4.58. The van der Waals surface area contributed by atoms with E-state index in [1.54, 1.807) is 48.4 Å². The number of halogens is 3. The Balaban J connectivity index is 1.39. The second-order valence-corrected chi connectivity index (χ2v) is 10.3. The summed E-state index contributed by atoms with van der Waals surface area (Å²) in [6.07, 6.45) is -2.10. The molecule has 222 valence electrons. The van der Waals surface area contributed by atoms with E-state index in [-0.39, 0.29) is 36.6 Å². The van der Waals surface area contributed by atoms with Crippen molar-refractivity contribution in [3.8, 4) is 11.1 Å². The Morgan fingerprint density at radius 3 is 2.33 bits per heavy atom. The van der Waals surface area contributed by atoms with Crippen molar-refractivity contribution in [1.29, 1.82) is 0 Å². The van der Waals surface area contributed by atoms with Crippen LogP contribution >= 0.6 is 11.3 Å². The second-order valence-electron chi connectivity index (χ2n) is 9.41. The Bertz CT molecular complexity index is 1440. The van der Waals surface area contributed by atoms with E-state index >= 15 is 0 Å². The van der Waals surface area contributed by atoms with Crippen LogP contribution in [0.15, 0.2) is 65.9 Å². The largest absolute Gasteiger partial charge is 0.479 e. The molecule has 12 heteroatoms. The highest BCUT2D eigenvalue weighted by Gasteiger charge is 2.31. The number of thiazole rings is 1. The lowest BCUT2D eigenvalue weighted by Crippen LogP contribution is -2.38. The zero-order chi connectivity index (χ0) is 30.3. The normalized spacial score (nSPS) is 14.4. The number of benzene rings is 2. The molecule has 0 aliphatic carbocycles. The van der Waals surface area contributed by atoms with Crippen LogP contribution in [0.3, 0.4) is 0 Å². The van der Waals surface area contributed by atoms with Crippen molar-refractivity contribution in [3.05, 3.63) is 87.7 Å². The lowest BCUT2D eigenvalue weighted by molar-refractivity contribution is -0.138. The molecule has 0 atom stereocenters. The maximum absolute atomic E-state index is 13.5. The molecule has 1 fully saturated rings. The Kier molecular flexibility index (Phi) is 10.00. The van der Waals surface area contributed by atoms with Gasteiger partial charge in [0.05, 0.1) is 29.9 Å². The van der Waals surface area contributed by atoms with Crippen molar-refractivity contribution in [2.45, 2.75) is 38.8 Å². The number of nitrogens with zero attached hydrogens (tertiary/aromatic N) is 2. The Morgan fingerprint density at radius 2 is 1.69 bits per heavy atom. The highest BCUT2D eigenvalue weighted by Crippen LogP contribution is 2.34. The molecule has 0 radical (unpaired) electrons. The first kappa shape index (κ1) is 30.8. The first-order chi connectivity index (χ1) is 20.1. The molecule has 1 saturated heterocycles. The summed E-state index contributed by atoms with van der Waals surface area (Å²) in [6, 6.07) is 11.7. The summed E-state index contributed by atoms with van der Waals surface area (Å²) >= 11 is 1.35. The number of hydrogen-bond donors (Lipinski definition) is 1. The highest BCUT2D eigenvalue weighted by molar-refractivity contribution is 7.09. The number of likely N-dealkylation sites (tertiary alicyclic amines) is 1. The first-order valence-electron chi connectivity index (χ1n) is 13.4. The van der Waals surface area contributed by atoms with Gasteiger partial charge in [-0.2, -0.15) is 13.2 Å². The third-order valence-corrected chi connectivity index (χ3v) is 7.65. The number of carbonyl (C=O) groups is 3. The Morgan fingerprint density at radius 1 is 1.02 bits per heavy atom. The van der Waals surface area contributed by atoms with Crippen LogP contribution in [-0.2, 0) is 20.4 Å². The Labute approximate surface area is 245 Å². The van der Waals surface area contributed by atoms with Gasteiger partial charge in [0.15, 0.2) is 0 Å². The minimum Gasteiger partial charge on any atom is -0.479 e. The summed E-state index contributed by atoms with van der Waals surface area (Å²) in [5.74, 6) is -1.33. The van der Waals surface area contributed by atoms with Gasteiger partial charge in [-0.15, -0.1) is 11.3 Å². The third kappa shape index (κ3) is 7.55. The average Bonchev–Trinajstić information content (AvgIpc) is 3.47. The maximum atomic E-state index is 13.5. The van der Waals surface area contributed by atoms with Crippen molar-refractivity contribution >= 4 is 29.1 Å². The van der Waals surface area contributed by atoms with E-state index in [0.717, 1.165) is 23.2 Å². The SMILES string of the molecule is CCOC(=O)/C=C(\NC(=O)c1csc(C2CCN(C(=O)c3ccccc3-c3ccc(C(F)(F)F)cc3)CC2)n1)OCC. The number of ether oxygens (including phenoxy) is 2. The molecule has 0 saturated carbocycles. The van der Waals surface area contributed by atoms with E-state index in [4.69, 9.17) is 9.47 Å². The minimum absolute atomic E-state index is 0.0288. The van der Waals surface area contributed by atoms with Crippen LogP contribution < -0.4 is 5.32 Å². The summed E-state index contributed by atoms with van der Waals surface area (Å²) < 4.78 is 49.2. The molecule has 1 aliphatic rings. The predicted molar refractivity (Wildman–Crippen MR) is 151 cm³/mol. The molecule has 0 unspecified atom stereocenters. The number of alkyl halides is 3. The molecule has 2 aromatic carbocycles. The van der Waals surface area contributed by atoms with Gasteiger partial charge in [-0.05, 0) is 56.0 Å². The van der Waals surface area contributed by atoms with Gasteiger partial charge in [0, 0.05) is 30.0 Å². The molecule has 42 heavy (non-hydrogen) atoms. The third-order valence-electron chi connectivity index (χ3n) is 6.64. The minimum atomic E-state index is -4.44. The number of piperidine rings is 1. The molecule has 0 spiro atoms. The monoisotopic (exact) mass is 601 g/mol. The van der Waals surface area contributed by atoms with E-state index in [1.165, 1.54) is 23.5 Å². The smallest absolute Gasteiger partial charge is 0.416 e. The van der Waals surface area contributed by atoms with Gasteiger partial charge in [-0.3, -0.25) is 14.9 Å². The molecule has 0 bridgehead atoms. The molecule has 1 aliphatic heterocycles. The summed E-state index contributed by atoms with van der Waals surface area (Å²) in [5, 5.41) is 4.95. The number of nitrogens with one attached hydrogen (secondary N) is 1. The van der Waals surface area contributed by atoms with Crippen LogP contribution in [0.2, 0.25) is 0 Å². The quantitative estimate of drug-likeness (QED) is 0.183. The predicted octanol–water partition coefficient (Wildman–Crippen LogP) is 6.02. The number of hydrogen-bond acceptors (Lipinski definition) is 7. The second kappa shape index (κ2) is 13.6. The fourth-order valence-corrected chi connectivity index (χ4v) is 5.55. The summed E-state index contributed by atoms with van der Waals surface area (Å²) in [5.41, 5.74) is 0.957. The summed E-state index contributed by atoms with van der Waals surface area (Å²) in [4.78, 5) is 44.2. The lowest BCUT2D eigenvalue weighted by atomic mass is 9.94. The zero-order valence-corrected chi connectivity index (χ0v) is 23.9. The van der Waals surface area contributed by atoms with Crippen LogP contribution in [0.25, 0.3) is 11.1 Å². The first-order valence-corrected chi connectivity index (χ1v) is 14.3. The highest BCUT2D eigenvalue weighted by atomic mass is 32.1. The van der Waals surface area contributed by atoms with Gasteiger partial charge >= 0.3 is 12.1 Å². The number of carbonyl (C=O) groups excluding carboxylic acids is 3. The van der Waals surface area contributed by atoms with Crippen LogP contribution in [0, 0.1) is 0 Å². The van der Waals surface area contributed by atoms with E-state index in [9.17, 15) is 27.6 Å². The van der Waals surface area contributed by atoms with Gasteiger partial charge in [-0.25, -0.2) is 9.78 Å². The summed E-state index contributed by atoms with van der Waals surface area (Å²) in [7, 11) is 0. The molecule has 1 aromatic heterocycles. The van der Waals surface area contributed by atoms with E-state index < -0.39 is 23.6 Å². The van der Waals surface area contributed by atoms with Crippen molar-refractivity contribution in [1.82, 2.24) is 15.2 Å². The molecule has 3 aromatic rings. The van der Waals surface area contributed by atoms with Crippen LogP contribution in [0.1, 0.15) is 64.0 Å². The number of aromatic nitrogens is 1. The van der Waals surface area contributed by atoms with Crippen LogP contribution in [0.5, 0.6) is 0 Å². The molecule has 8 nitrogen and oxygen atoms in total. The average molecular weight is 602 g/mol. The van der Waals surface area contributed by atoms with Gasteiger partial charge in [0.1, 0.15) is 5.69 Å². The van der Waals surface area contributed by atoms with E-state index in [0.29, 0.717) is 42.6 Å². The zero-order valence-electron chi connectivity index (χ0n) is 23.1. The van der Waals surface area contributed by atoms with E-state index in [2.05, 4.69) is 10.3 Å². The number of amides is 2. The molecular weight excluding hydrogens is 571 g/mol. The molecular formula is C30H30F3N3O5S. The molecule has 2 heterocycles. The number of rotatable bonds is 9. The standard InChI is InChI=1S/C30H30F3N3O5S/c1-3-40-25(17-26(37)41-4-2)35-27(38)24-18-42-28(34-24)20-13-15-36(16-14-20)29(39)23-8-6-5-7-22(23)19-9-11-21(12-10-19)30(31,32)33/h5-12,17-18,20H,3-4,13-16H2,1-2H3,(H,35,38)/b25-17+. The van der Waals surface area contributed by atoms with Crippen molar-refractivity contribution < 1.29 is 37.0 Å². The van der Waals surface area contributed by atoms with Crippen molar-refractivity contribution in [3.63, 3.8) is 0 Å². The van der Waals surface area contributed by atoms with Gasteiger partial charge in [0.25, 0.3) is 11.8 Å². The van der Waals surface area contributed by atoms with E-state index in [1.807, 2.05) is 0 Å². The van der Waals surface area contributed by atoms with Gasteiger partial charge in [-0.1, -0.05) is 30.3 Å². The van der Waals surface area contributed by atoms with Crippen LogP contribution in [0.4, 0.5) is 13.2 Å². The maximum Gasteiger partial charge on any atom is 0.416 e.